The molecule has 2 fully saturated rings. The molecular weight excluding hydrogens is 815 g/mol. The third kappa shape index (κ3) is 11.5. The zero-order valence-electron chi connectivity index (χ0n) is 35.5. The minimum absolute atomic E-state index is 0.560. The van der Waals surface area contributed by atoms with Gasteiger partial charge in [-0.25, -0.2) is 0 Å². The zero-order valence-corrected chi connectivity index (χ0v) is 40.4. The Morgan fingerprint density at radius 3 is 1.18 bits per heavy atom. The molecule has 0 amide bonds. The van der Waals surface area contributed by atoms with E-state index in [1.807, 2.05) is 0 Å². The van der Waals surface area contributed by atoms with Crippen molar-refractivity contribution in [2.75, 3.05) is 0 Å². The Balaban J connectivity index is 0.000000188. The summed E-state index contributed by atoms with van der Waals surface area (Å²) in [5.74, 6) is 0. The monoisotopic (exact) mass is 876 g/mol. The molecule has 6 aromatic carbocycles. The quantitative estimate of drug-likeness (QED) is 0.106. The standard InChI is InChI=1S/2C25H29.C2H6Si.2ClH.Zr/c2*1-4-25(10-5-6-11-25)17-20-15-21-8-7-9-23(24(21)16-20)22-13-18(2)12-19(3)14-22;1-3-2;;;/h2*7-9,12-16H,4-6,10-11,17H2,1-3H3;1-2H3;2*1H;/q2*-1;;;;+4/p-2. The van der Waals surface area contributed by atoms with Crippen molar-refractivity contribution in [3.63, 3.8) is 0 Å². The maximum absolute atomic E-state index is 4.93. The van der Waals surface area contributed by atoms with E-state index in [-0.39, 0.29) is 0 Å². The molecule has 2 aliphatic rings. The summed E-state index contributed by atoms with van der Waals surface area (Å²) in [6.45, 7) is 17.8. The number of hydrogen-bond acceptors (Lipinski definition) is 0. The molecule has 56 heavy (non-hydrogen) atoms. The van der Waals surface area contributed by atoms with Gasteiger partial charge < -0.3 is 0 Å². The molecule has 0 unspecified atom stereocenters. The first-order valence-corrected chi connectivity index (χ1v) is 29.4. The van der Waals surface area contributed by atoms with Gasteiger partial charge in [0.05, 0.1) is 0 Å². The number of halogens is 2. The van der Waals surface area contributed by atoms with E-state index in [9.17, 15) is 0 Å². The van der Waals surface area contributed by atoms with Crippen LogP contribution in [0.5, 0.6) is 0 Å². The molecule has 0 heterocycles. The van der Waals surface area contributed by atoms with Crippen molar-refractivity contribution in [1.29, 1.82) is 0 Å². The average molecular weight is 879 g/mol. The summed E-state index contributed by atoms with van der Waals surface area (Å²) in [6.07, 6.45) is 16.5. The molecule has 6 aromatic rings. The van der Waals surface area contributed by atoms with Crippen LogP contribution in [0.1, 0.15) is 111 Å². The Bertz CT molecular complexity index is 1950. The molecule has 0 spiro atoms. The molecule has 0 N–H and O–H groups in total. The van der Waals surface area contributed by atoms with Crippen LogP contribution in [-0.4, -0.2) is 9.52 Å². The first-order chi connectivity index (χ1) is 27.0. The summed E-state index contributed by atoms with van der Waals surface area (Å²) in [7, 11) is 11.0. The molecule has 2 aliphatic carbocycles. The van der Waals surface area contributed by atoms with Crippen LogP contribution in [0.15, 0.2) is 97.1 Å². The van der Waals surface area contributed by atoms with Crippen LogP contribution >= 0.6 is 17.0 Å². The fraction of sp³-hybridized carbons (Fsp3) is 0.423. The fourth-order valence-electron chi connectivity index (χ4n) is 9.99. The van der Waals surface area contributed by atoms with E-state index in [2.05, 4.69) is 152 Å². The second kappa shape index (κ2) is 21.2. The van der Waals surface area contributed by atoms with E-state index < -0.39 is 20.8 Å². The van der Waals surface area contributed by atoms with Gasteiger partial charge in [0.1, 0.15) is 0 Å². The Kier molecular flexibility index (Phi) is 17.0. The zero-order chi connectivity index (χ0) is 40.3. The van der Waals surface area contributed by atoms with Crippen LogP contribution in [0.4, 0.5) is 0 Å². The van der Waals surface area contributed by atoms with Crippen molar-refractivity contribution in [3.8, 4) is 22.3 Å². The molecule has 294 valence electrons. The first-order valence-electron chi connectivity index (χ1n) is 21.1. The van der Waals surface area contributed by atoms with Crippen molar-refractivity contribution < 1.29 is 20.8 Å². The summed E-state index contributed by atoms with van der Waals surface area (Å²) < 4.78 is 0. The normalized spacial score (nSPS) is 15.3. The topological polar surface area (TPSA) is 0 Å². The summed E-state index contributed by atoms with van der Waals surface area (Å²) in [4.78, 5) is 0. The predicted molar refractivity (Wildman–Crippen MR) is 248 cm³/mol. The van der Waals surface area contributed by atoms with Crippen LogP contribution in [-0.2, 0) is 33.7 Å². The average Bonchev–Trinajstić information content (AvgIpc) is 3.99. The Labute approximate surface area is 361 Å². The van der Waals surface area contributed by atoms with Gasteiger partial charge in [0, 0.05) is 9.52 Å². The van der Waals surface area contributed by atoms with Gasteiger partial charge in [0.15, 0.2) is 0 Å². The summed E-state index contributed by atoms with van der Waals surface area (Å²) in [5, 5.41) is 5.64. The van der Waals surface area contributed by atoms with E-state index in [1.54, 1.807) is 0 Å². The maximum atomic E-state index is 4.93. The SMILES string of the molecule is CCC1(Cc2cc3c(-c4cc(C)cc(C)c4)cccc3[cH-]2)CCCC1.CCC1(Cc2cc3c(-c4cc(C)cc(C)c4)cccc3[cH-]2)CCCC1.C[Si]C.[Cl][Zr+2][Cl]. The molecule has 4 heteroatoms. The summed E-state index contributed by atoms with van der Waals surface area (Å²) in [6, 6.07) is 37.2. The third-order valence-electron chi connectivity index (χ3n) is 12.7. The van der Waals surface area contributed by atoms with Gasteiger partial charge in [-0.1, -0.05) is 147 Å². The van der Waals surface area contributed by atoms with E-state index in [1.165, 1.54) is 154 Å². The van der Waals surface area contributed by atoms with Gasteiger partial charge in [0.25, 0.3) is 0 Å². The number of aryl methyl sites for hydroxylation is 4. The second-order valence-corrected chi connectivity index (χ2v) is 21.9. The van der Waals surface area contributed by atoms with Crippen LogP contribution in [0.25, 0.3) is 43.8 Å². The van der Waals surface area contributed by atoms with Crippen LogP contribution in [0.2, 0.25) is 13.1 Å². The minimum atomic E-state index is -0.826. The van der Waals surface area contributed by atoms with Crippen LogP contribution < -0.4 is 0 Å². The molecule has 0 bridgehead atoms. The molecule has 0 aromatic heterocycles. The van der Waals surface area contributed by atoms with Gasteiger partial charge in [-0.2, -0.15) is 12.1 Å². The van der Waals surface area contributed by atoms with E-state index in [0.29, 0.717) is 10.8 Å². The number of fused-ring (bicyclic) bond motifs is 2. The Morgan fingerprint density at radius 1 is 0.554 bits per heavy atom. The van der Waals surface area contributed by atoms with Gasteiger partial charge in [-0.15, -0.1) is 69.1 Å². The van der Waals surface area contributed by atoms with Crippen LogP contribution in [0, 0.1) is 38.5 Å². The number of hydrogen-bond donors (Lipinski definition) is 0. The molecule has 0 aliphatic heterocycles. The van der Waals surface area contributed by atoms with Crippen molar-refractivity contribution in [1.82, 2.24) is 0 Å². The molecule has 2 radical (unpaired) electrons. The molecule has 8 rings (SSSR count). The van der Waals surface area contributed by atoms with Gasteiger partial charge in [-0.05, 0) is 88.2 Å². The Morgan fingerprint density at radius 2 is 0.875 bits per heavy atom. The molecule has 0 atom stereocenters. The Hall–Kier alpha value is -2.22. The van der Waals surface area contributed by atoms with Crippen molar-refractivity contribution in [2.45, 2.75) is 132 Å². The van der Waals surface area contributed by atoms with Gasteiger partial charge in [-0.3, -0.25) is 0 Å². The van der Waals surface area contributed by atoms with Gasteiger partial charge in [0.2, 0.25) is 0 Å². The number of benzene rings is 4. The fourth-order valence-corrected chi connectivity index (χ4v) is 9.99. The third-order valence-corrected chi connectivity index (χ3v) is 12.7. The summed E-state index contributed by atoms with van der Waals surface area (Å²) in [5.41, 5.74) is 15.0. The van der Waals surface area contributed by atoms with Crippen LogP contribution in [0.3, 0.4) is 0 Å². The van der Waals surface area contributed by atoms with Crippen molar-refractivity contribution in [2.24, 2.45) is 10.8 Å². The predicted octanol–water partition coefficient (Wildman–Crippen LogP) is 16.9. The molecular formula is C52H64Cl2SiZr. The van der Waals surface area contributed by atoms with E-state index >= 15 is 0 Å². The van der Waals surface area contributed by atoms with E-state index in [4.69, 9.17) is 17.0 Å². The molecule has 2 saturated carbocycles. The van der Waals surface area contributed by atoms with Gasteiger partial charge >= 0.3 is 37.9 Å². The summed E-state index contributed by atoms with van der Waals surface area (Å²) >= 11 is -0.826. The van der Waals surface area contributed by atoms with E-state index in [0.717, 1.165) is 9.52 Å². The first kappa shape index (κ1) is 44.9. The molecule has 0 nitrogen and oxygen atoms in total. The molecule has 0 saturated heterocycles. The van der Waals surface area contributed by atoms with Crippen molar-refractivity contribution >= 4 is 48.1 Å². The second-order valence-electron chi connectivity index (χ2n) is 17.1. The number of rotatable bonds is 8. The van der Waals surface area contributed by atoms with Crippen molar-refractivity contribution in [3.05, 3.63) is 130 Å².